The number of urea groups is 1. The Morgan fingerprint density at radius 2 is 1.88 bits per heavy atom. The lowest BCUT2D eigenvalue weighted by molar-refractivity contribution is -0.0440. The van der Waals surface area contributed by atoms with E-state index in [4.69, 9.17) is 9.47 Å². The van der Waals surface area contributed by atoms with Gasteiger partial charge in [0.05, 0.1) is 25.1 Å². The number of sulfonamides is 1. The summed E-state index contributed by atoms with van der Waals surface area (Å²) in [4.78, 5) is 11.9. The van der Waals surface area contributed by atoms with Crippen LogP contribution >= 0.6 is 0 Å². The zero-order valence-corrected chi connectivity index (χ0v) is 16.2. The molecule has 1 saturated heterocycles. The van der Waals surface area contributed by atoms with Crippen LogP contribution < -0.4 is 15.4 Å². The van der Waals surface area contributed by atoms with Gasteiger partial charge < -0.3 is 20.1 Å². The third-order valence-corrected chi connectivity index (χ3v) is 5.86. The van der Waals surface area contributed by atoms with Gasteiger partial charge in [0.25, 0.3) is 0 Å². The van der Waals surface area contributed by atoms with Crippen LogP contribution in [0.1, 0.15) is 19.4 Å². The molecule has 1 aliphatic heterocycles. The Kier molecular flexibility index (Phi) is 7.24. The summed E-state index contributed by atoms with van der Waals surface area (Å²) in [5.41, 5.74) is 0.842. The molecule has 2 amide bonds. The number of nitrogens with one attached hydrogen (secondary N) is 2. The molecule has 146 valence electrons. The van der Waals surface area contributed by atoms with Crippen molar-refractivity contribution in [2.45, 2.75) is 32.6 Å². The number of hydrogen-bond acceptors (Lipinski definition) is 5. The van der Waals surface area contributed by atoms with Crippen LogP contribution in [0.25, 0.3) is 0 Å². The van der Waals surface area contributed by atoms with Gasteiger partial charge in [0.1, 0.15) is 5.75 Å². The van der Waals surface area contributed by atoms with Gasteiger partial charge in [0.2, 0.25) is 10.0 Å². The van der Waals surface area contributed by atoms with Gasteiger partial charge >= 0.3 is 6.03 Å². The number of para-hydroxylation sites is 1. The van der Waals surface area contributed by atoms with Crippen molar-refractivity contribution in [1.82, 2.24) is 14.9 Å². The molecule has 0 aromatic heterocycles. The van der Waals surface area contributed by atoms with Crippen molar-refractivity contribution in [3.05, 3.63) is 29.8 Å². The highest BCUT2D eigenvalue weighted by atomic mass is 32.2. The summed E-state index contributed by atoms with van der Waals surface area (Å²) in [5.74, 6) is 0.542. The highest BCUT2D eigenvalue weighted by molar-refractivity contribution is 7.89. The minimum atomic E-state index is -3.43. The summed E-state index contributed by atoms with van der Waals surface area (Å²) in [7, 11) is -1.87. The summed E-state index contributed by atoms with van der Waals surface area (Å²) < 4.78 is 37.0. The summed E-state index contributed by atoms with van der Waals surface area (Å²) in [6.07, 6.45) is -0.267. The van der Waals surface area contributed by atoms with E-state index in [1.54, 1.807) is 7.11 Å². The van der Waals surface area contributed by atoms with Gasteiger partial charge in [0.15, 0.2) is 0 Å². The molecular formula is C17H27N3O5S. The molecular weight excluding hydrogens is 358 g/mol. The molecule has 8 nitrogen and oxygen atoms in total. The van der Waals surface area contributed by atoms with Crippen molar-refractivity contribution in [2.24, 2.45) is 0 Å². The second-order valence-electron chi connectivity index (χ2n) is 6.31. The first kappa shape index (κ1) is 20.5. The maximum absolute atomic E-state index is 12.4. The molecule has 0 bridgehead atoms. The van der Waals surface area contributed by atoms with Crippen LogP contribution in [0, 0.1) is 0 Å². The first-order chi connectivity index (χ1) is 12.3. The second-order valence-corrected chi connectivity index (χ2v) is 8.40. The van der Waals surface area contributed by atoms with Crippen molar-refractivity contribution < 1.29 is 22.7 Å². The topological polar surface area (TPSA) is 97.0 Å². The normalized spacial score (nSPS) is 21.2. The fourth-order valence-corrected chi connectivity index (χ4v) is 4.36. The van der Waals surface area contributed by atoms with Crippen LogP contribution in [0.4, 0.5) is 4.79 Å². The van der Waals surface area contributed by atoms with Crippen molar-refractivity contribution in [3.63, 3.8) is 0 Å². The number of carbonyl (C=O) groups excluding carboxylic acids is 1. The van der Waals surface area contributed by atoms with E-state index in [1.165, 1.54) is 4.31 Å². The Morgan fingerprint density at radius 3 is 2.54 bits per heavy atom. The second kappa shape index (κ2) is 9.20. The summed E-state index contributed by atoms with van der Waals surface area (Å²) in [5, 5.41) is 5.28. The quantitative estimate of drug-likeness (QED) is 0.728. The Morgan fingerprint density at radius 1 is 1.23 bits per heavy atom. The standard InChI is InChI=1S/C17H27N3O5S/c1-13-11-20(12-14(2)25-13)26(22,23)9-8-18-17(21)19-10-15-6-4-5-7-16(15)24-3/h4-7,13-14H,8-12H2,1-3H3,(H2,18,19,21)/t13-,14+. The number of morpholine rings is 1. The van der Waals surface area contributed by atoms with Gasteiger partial charge in [-0.25, -0.2) is 13.2 Å². The molecule has 1 aromatic carbocycles. The minimum absolute atomic E-state index is 0.0419. The maximum atomic E-state index is 12.4. The number of benzene rings is 1. The van der Waals surface area contributed by atoms with Crippen LogP contribution in [-0.2, 0) is 21.3 Å². The molecule has 2 N–H and O–H groups in total. The van der Waals surface area contributed by atoms with E-state index < -0.39 is 16.1 Å². The Balaban J connectivity index is 1.77. The molecule has 9 heteroatoms. The van der Waals surface area contributed by atoms with Crippen molar-refractivity contribution in [3.8, 4) is 5.75 Å². The highest BCUT2D eigenvalue weighted by Crippen LogP contribution is 2.16. The molecule has 1 fully saturated rings. The molecule has 1 aromatic rings. The predicted molar refractivity (Wildman–Crippen MR) is 98.6 cm³/mol. The van der Waals surface area contributed by atoms with Crippen molar-refractivity contribution >= 4 is 16.1 Å². The van der Waals surface area contributed by atoms with Crippen LogP contribution in [-0.4, -0.2) is 63.5 Å². The molecule has 1 aliphatic rings. The minimum Gasteiger partial charge on any atom is -0.496 e. The number of ether oxygens (including phenoxy) is 2. The van der Waals surface area contributed by atoms with Gasteiger partial charge in [-0.05, 0) is 19.9 Å². The van der Waals surface area contributed by atoms with E-state index in [9.17, 15) is 13.2 Å². The Hall–Kier alpha value is -1.84. The van der Waals surface area contributed by atoms with E-state index in [0.717, 1.165) is 5.56 Å². The Labute approximate surface area is 154 Å². The fourth-order valence-electron chi connectivity index (χ4n) is 2.87. The van der Waals surface area contributed by atoms with E-state index in [-0.39, 0.29) is 24.5 Å². The maximum Gasteiger partial charge on any atom is 0.315 e. The predicted octanol–water partition coefficient (Wildman–Crippen LogP) is 0.933. The van der Waals surface area contributed by atoms with E-state index >= 15 is 0 Å². The van der Waals surface area contributed by atoms with Crippen LogP contribution in [0.15, 0.2) is 24.3 Å². The van der Waals surface area contributed by atoms with Gasteiger partial charge in [-0.15, -0.1) is 0 Å². The Bertz CT molecular complexity index is 700. The molecule has 0 unspecified atom stereocenters. The lowest BCUT2D eigenvalue weighted by atomic mass is 10.2. The zero-order chi connectivity index (χ0) is 19.2. The van der Waals surface area contributed by atoms with Gasteiger partial charge in [-0.1, -0.05) is 18.2 Å². The van der Waals surface area contributed by atoms with Crippen LogP contribution in [0.5, 0.6) is 5.75 Å². The van der Waals surface area contributed by atoms with E-state index in [0.29, 0.717) is 25.4 Å². The summed E-state index contributed by atoms with van der Waals surface area (Å²) >= 11 is 0. The van der Waals surface area contributed by atoms with Crippen molar-refractivity contribution in [1.29, 1.82) is 0 Å². The number of hydrogen-bond donors (Lipinski definition) is 2. The molecule has 0 radical (unpaired) electrons. The molecule has 2 rings (SSSR count). The van der Waals surface area contributed by atoms with Crippen molar-refractivity contribution in [2.75, 3.05) is 32.5 Å². The van der Waals surface area contributed by atoms with Gasteiger partial charge in [0, 0.05) is 31.7 Å². The molecule has 2 atom stereocenters. The zero-order valence-electron chi connectivity index (χ0n) is 15.4. The number of nitrogens with zero attached hydrogens (tertiary/aromatic N) is 1. The summed E-state index contributed by atoms with van der Waals surface area (Å²) in [6, 6.07) is 6.94. The lowest BCUT2D eigenvalue weighted by Crippen LogP contribution is -2.50. The number of rotatable bonds is 7. The van der Waals surface area contributed by atoms with E-state index in [1.807, 2.05) is 38.1 Å². The van der Waals surface area contributed by atoms with Gasteiger partial charge in [-0.3, -0.25) is 0 Å². The third kappa shape index (κ3) is 5.86. The number of carbonyl (C=O) groups is 1. The molecule has 1 heterocycles. The average Bonchev–Trinajstić information content (AvgIpc) is 2.59. The molecule has 0 spiro atoms. The third-order valence-electron chi connectivity index (χ3n) is 4.06. The molecule has 0 aliphatic carbocycles. The SMILES string of the molecule is COc1ccccc1CNC(=O)NCCS(=O)(=O)N1C[C@@H](C)O[C@@H](C)C1. The smallest absolute Gasteiger partial charge is 0.315 e. The summed E-state index contributed by atoms with van der Waals surface area (Å²) in [6.45, 7) is 4.71. The van der Waals surface area contributed by atoms with Crippen LogP contribution in [0.2, 0.25) is 0 Å². The number of amides is 2. The fraction of sp³-hybridized carbons (Fsp3) is 0.588. The number of methoxy groups -OCH3 is 1. The van der Waals surface area contributed by atoms with E-state index in [2.05, 4.69) is 10.6 Å². The first-order valence-corrected chi connectivity index (χ1v) is 10.2. The molecule has 26 heavy (non-hydrogen) atoms. The monoisotopic (exact) mass is 385 g/mol. The lowest BCUT2D eigenvalue weighted by Gasteiger charge is -2.34. The average molecular weight is 385 g/mol. The van der Waals surface area contributed by atoms with Crippen LogP contribution in [0.3, 0.4) is 0 Å². The highest BCUT2D eigenvalue weighted by Gasteiger charge is 2.30. The van der Waals surface area contributed by atoms with Gasteiger partial charge in [-0.2, -0.15) is 4.31 Å². The molecule has 0 saturated carbocycles. The first-order valence-electron chi connectivity index (χ1n) is 8.58. The largest absolute Gasteiger partial charge is 0.496 e.